The van der Waals surface area contributed by atoms with Crippen LogP contribution in [0.3, 0.4) is 0 Å². The second-order valence-electron chi connectivity index (χ2n) is 6.18. The van der Waals surface area contributed by atoms with E-state index in [-0.39, 0.29) is 4.90 Å². The fraction of sp³-hybridized carbons (Fsp3) is 0.200. The first-order valence-electron chi connectivity index (χ1n) is 8.80. The van der Waals surface area contributed by atoms with Gasteiger partial charge in [-0.25, -0.2) is 22.0 Å². The highest BCUT2D eigenvalue weighted by molar-refractivity contribution is 7.90. The van der Waals surface area contributed by atoms with Crippen LogP contribution in [-0.4, -0.2) is 48.2 Å². The molecule has 0 atom stereocenters. The van der Waals surface area contributed by atoms with E-state index in [4.69, 9.17) is 30.3 Å². The number of aliphatic carboxylic acids is 2. The van der Waals surface area contributed by atoms with Gasteiger partial charge in [0.1, 0.15) is 5.75 Å². The van der Waals surface area contributed by atoms with Crippen LogP contribution in [0.15, 0.2) is 53.4 Å². The molecule has 0 aliphatic carbocycles. The number of methoxy groups -OCH3 is 1. The maximum Gasteiger partial charge on any atom is 0.414 e. The van der Waals surface area contributed by atoms with Crippen molar-refractivity contribution in [1.82, 2.24) is 3.97 Å². The summed E-state index contributed by atoms with van der Waals surface area (Å²) in [7, 11) is -2.09. The van der Waals surface area contributed by atoms with Crippen molar-refractivity contribution in [3.8, 4) is 5.75 Å². The van der Waals surface area contributed by atoms with E-state index < -0.39 is 22.0 Å². The number of carboxylic acid groups (broad SMARTS) is 2. The van der Waals surface area contributed by atoms with Crippen molar-refractivity contribution in [2.75, 3.05) is 13.7 Å². The topological polar surface area (TPSA) is 149 Å². The Bertz CT molecular complexity index is 1160. The molecule has 0 spiro atoms. The zero-order chi connectivity index (χ0) is 22.5. The standard InChI is InChI=1S/C18H20N2O3S.C2H2O4/c1-13-16(10-11-19)17-12-14(23-2)8-9-18(17)20(13)24(21,22)15-6-4-3-5-7-15;3-1(4)2(5)6/h3-9,12H,10-11,19H2,1-2H3;(H,3,4)(H,5,6). The lowest BCUT2D eigenvalue weighted by molar-refractivity contribution is -0.159. The van der Waals surface area contributed by atoms with E-state index in [9.17, 15) is 8.42 Å². The van der Waals surface area contributed by atoms with Gasteiger partial charge >= 0.3 is 11.9 Å². The summed E-state index contributed by atoms with van der Waals surface area (Å²) in [5, 5.41) is 15.6. The van der Waals surface area contributed by atoms with E-state index in [1.54, 1.807) is 49.6 Å². The summed E-state index contributed by atoms with van der Waals surface area (Å²) in [6, 6.07) is 13.9. The van der Waals surface area contributed by atoms with Crippen molar-refractivity contribution in [3.63, 3.8) is 0 Å². The molecule has 3 rings (SSSR count). The molecular weight excluding hydrogens is 412 g/mol. The number of nitrogens with two attached hydrogens (primary N) is 1. The molecule has 0 fully saturated rings. The van der Waals surface area contributed by atoms with Crippen LogP contribution in [0.1, 0.15) is 11.3 Å². The molecule has 4 N–H and O–H groups in total. The lowest BCUT2D eigenvalue weighted by Gasteiger charge is -2.10. The maximum atomic E-state index is 13.1. The van der Waals surface area contributed by atoms with Crippen LogP contribution in [0.2, 0.25) is 0 Å². The van der Waals surface area contributed by atoms with Crippen LogP contribution < -0.4 is 10.5 Å². The smallest absolute Gasteiger partial charge is 0.414 e. The SMILES string of the molecule is COc1ccc2c(c1)c(CCN)c(C)n2S(=O)(=O)c1ccccc1.O=C(O)C(=O)O. The van der Waals surface area contributed by atoms with Crippen molar-refractivity contribution in [1.29, 1.82) is 0 Å². The molecular formula is C20H22N2O7S. The first-order valence-corrected chi connectivity index (χ1v) is 10.2. The third-order valence-corrected chi connectivity index (χ3v) is 6.17. The molecule has 0 saturated heterocycles. The van der Waals surface area contributed by atoms with Crippen molar-refractivity contribution in [2.24, 2.45) is 5.73 Å². The summed E-state index contributed by atoms with van der Waals surface area (Å²) in [5.41, 5.74) is 7.99. The molecule has 1 heterocycles. The molecule has 0 radical (unpaired) electrons. The van der Waals surface area contributed by atoms with Crippen LogP contribution in [0.25, 0.3) is 10.9 Å². The van der Waals surface area contributed by atoms with Gasteiger partial charge in [0.05, 0.1) is 17.5 Å². The maximum absolute atomic E-state index is 13.1. The zero-order valence-electron chi connectivity index (χ0n) is 16.4. The van der Waals surface area contributed by atoms with E-state index in [2.05, 4.69) is 0 Å². The average Bonchev–Trinajstić information content (AvgIpc) is 3.00. The molecule has 160 valence electrons. The summed E-state index contributed by atoms with van der Waals surface area (Å²) >= 11 is 0. The van der Waals surface area contributed by atoms with Crippen molar-refractivity contribution in [2.45, 2.75) is 18.2 Å². The Morgan fingerprint density at radius 2 is 1.67 bits per heavy atom. The molecule has 3 aromatic rings. The number of benzene rings is 2. The van der Waals surface area contributed by atoms with Crippen LogP contribution in [-0.2, 0) is 26.0 Å². The molecule has 0 aliphatic heterocycles. The number of carbonyl (C=O) groups is 2. The first kappa shape index (κ1) is 22.9. The predicted molar refractivity (Wildman–Crippen MR) is 110 cm³/mol. The minimum atomic E-state index is -3.68. The summed E-state index contributed by atoms with van der Waals surface area (Å²) in [6.07, 6.45) is 0.604. The summed E-state index contributed by atoms with van der Waals surface area (Å²) in [5.74, 6) is -2.96. The highest BCUT2D eigenvalue weighted by Crippen LogP contribution is 2.32. The Hall–Kier alpha value is -3.37. The first-order chi connectivity index (χ1) is 14.1. The Kier molecular flexibility index (Phi) is 7.19. The molecule has 9 nitrogen and oxygen atoms in total. The minimum Gasteiger partial charge on any atom is -0.497 e. The second kappa shape index (κ2) is 9.42. The number of aromatic nitrogens is 1. The fourth-order valence-electron chi connectivity index (χ4n) is 3.03. The van der Waals surface area contributed by atoms with Crippen LogP contribution in [0, 0.1) is 6.92 Å². The van der Waals surface area contributed by atoms with Crippen molar-refractivity contribution < 1.29 is 33.0 Å². The van der Waals surface area contributed by atoms with Gasteiger partial charge in [0.15, 0.2) is 0 Å². The third-order valence-electron chi connectivity index (χ3n) is 4.35. The van der Waals surface area contributed by atoms with Gasteiger partial charge in [0.2, 0.25) is 0 Å². The third kappa shape index (κ3) is 4.61. The van der Waals surface area contributed by atoms with Crippen LogP contribution in [0.5, 0.6) is 5.75 Å². The number of ether oxygens (including phenoxy) is 1. The average molecular weight is 434 g/mol. The van der Waals surface area contributed by atoms with Gasteiger partial charge in [0.25, 0.3) is 10.0 Å². The Balaban J connectivity index is 0.000000469. The quantitative estimate of drug-likeness (QED) is 0.515. The van der Waals surface area contributed by atoms with Gasteiger partial charge in [-0.2, -0.15) is 0 Å². The Morgan fingerprint density at radius 3 is 2.17 bits per heavy atom. The highest BCUT2D eigenvalue weighted by atomic mass is 32.2. The molecule has 10 heteroatoms. The summed E-state index contributed by atoms with van der Waals surface area (Å²) < 4.78 is 33.0. The lowest BCUT2D eigenvalue weighted by atomic mass is 10.1. The second-order valence-corrected chi connectivity index (χ2v) is 7.97. The summed E-state index contributed by atoms with van der Waals surface area (Å²) in [6.45, 7) is 2.26. The van der Waals surface area contributed by atoms with Gasteiger partial charge in [0, 0.05) is 11.1 Å². The van der Waals surface area contributed by atoms with Crippen molar-refractivity contribution >= 4 is 32.9 Å². The van der Waals surface area contributed by atoms with E-state index in [0.717, 1.165) is 10.9 Å². The van der Waals surface area contributed by atoms with E-state index in [1.165, 1.54) is 3.97 Å². The molecule has 0 saturated carbocycles. The van der Waals surface area contributed by atoms with Gasteiger partial charge in [-0.15, -0.1) is 0 Å². The molecule has 0 bridgehead atoms. The fourth-order valence-corrected chi connectivity index (χ4v) is 4.63. The number of hydrogen-bond donors (Lipinski definition) is 3. The van der Waals surface area contributed by atoms with Crippen LogP contribution >= 0.6 is 0 Å². The number of rotatable bonds is 5. The molecule has 0 amide bonds. The van der Waals surface area contributed by atoms with E-state index >= 15 is 0 Å². The number of fused-ring (bicyclic) bond motifs is 1. The van der Waals surface area contributed by atoms with E-state index in [0.29, 0.717) is 29.9 Å². The van der Waals surface area contributed by atoms with Gasteiger partial charge < -0.3 is 20.7 Å². The molecule has 0 unspecified atom stereocenters. The van der Waals surface area contributed by atoms with Crippen LogP contribution in [0.4, 0.5) is 0 Å². The Labute approximate surface area is 173 Å². The lowest BCUT2D eigenvalue weighted by Crippen LogP contribution is -2.15. The number of hydrogen-bond acceptors (Lipinski definition) is 6. The highest BCUT2D eigenvalue weighted by Gasteiger charge is 2.24. The molecule has 1 aromatic heterocycles. The van der Waals surface area contributed by atoms with Gasteiger partial charge in [-0.3, -0.25) is 0 Å². The van der Waals surface area contributed by atoms with Crippen molar-refractivity contribution in [3.05, 3.63) is 59.8 Å². The van der Waals surface area contributed by atoms with E-state index in [1.807, 2.05) is 13.0 Å². The number of carboxylic acids is 2. The minimum absolute atomic E-state index is 0.264. The predicted octanol–water partition coefficient (Wildman–Crippen LogP) is 1.85. The zero-order valence-corrected chi connectivity index (χ0v) is 17.2. The Morgan fingerprint density at radius 1 is 1.07 bits per heavy atom. The monoisotopic (exact) mass is 434 g/mol. The molecule has 0 aliphatic rings. The number of nitrogens with zero attached hydrogens (tertiary/aromatic N) is 1. The molecule has 2 aromatic carbocycles. The molecule has 30 heavy (non-hydrogen) atoms. The van der Waals surface area contributed by atoms with Gasteiger partial charge in [-0.1, -0.05) is 18.2 Å². The summed E-state index contributed by atoms with van der Waals surface area (Å²) in [4.78, 5) is 18.5. The largest absolute Gasteiger partial charge is 0.497 e. The van der Waals surface area contributed by atoms with Gasteiger partial charge in [-0.05, 0) is 55.8 Å². The normalized spacial score (nSPS) is 10.9.